The summed E-state index contributed by atoms with van der Waals surface area (Å²) in [6.45, 7) is 0.390. The van der Waals surface area contributed by atoms with E-state index in [1.54, 1.807) is 0 Å². The van der Waals surface area contributed by atoms with Crippen molar-refractivity contribution in [3.8, 4) is 0 Å². The molecule has 0 bridgehead atoms. The minimum Gasteiger partial charge on any atom is -0.494 e. The number of benzene rings is 2. The van der Waals surface area contributed by atoms with Gasteiger partial charge in [-0.15, -0.1) is 0 Å². The summed E-state index contributed by atoms with van der Waals surface area (Å²) in [4.78, 5) is 15.9. The normalized spacial score (nSPS) is 15.5. The molecule has 2 aromatic rings. The van der Waals surface area contributed by atoms with Gasteiger partial charge in [-0.25, -0.2) is 9.79 Å². The summed E-state index contributed by atoms with van der Waals surface area (Å²) in [5.74, 6) is -0.0789. The second-order valence-electron chi connectivity index (χ2n) is 4.86. The molecule has 0 atom stereocenters. The second kappa shape index (κ2) is 6.72. The van der Waals surface area contributed by atoms with E-state index in [2.05, 4.69) is 4.99 Å². The molecule has 1 aliphatic heterocycles. The Kier molecular flexibility index (Phi) is 4.30. The molecule has 1 aliphatic rings. The minimum atomic E-state index is -0.473. The molecule has 4 nitrogen and oxygen atoms in total. The molecular formula is C18H15NO3. The molecule has 0 N–H and O–H groups in total. The minimum absolute atomic E-state index is 0.196. The number of carbonyl (C=O) groups is 1. The summed E-state index contributed by atoms with van der Waals surface area (Å²) in [5, 5.41) is 0. The molecule has 0 saturated heterocycles. The van der Waals surface area contributed by atoms with E-state index in [9.17, 15) is 4.79 Å². The van der Waals surface area contributed by atoms with E-state index in [0.717, 1.165) is 11.1 Å². The van der Waals surface area contributed by atoms with Crippen molar-refractivity contribution in [2.45, 2.75) is 13.0 Å². The molecule has 0 unspecified atom stereocenters. The van der Waals surface area contributed by atoms with Crippen molar-refractivity contribution in [2.24, 2.45) is 4.99 Å². The van der Waals surface area contributed by atoms with Crippen LogP contribution in [0.3, 0.4) is 0 Å². The Morgan fingerprint density at radius 2 is 1.59 bits per heavy atom. The van der Waals surface area contributed by atoms with Gasteiger partial charge in [-0.05, 0) is 11.1 Å². The molecule has 0 fully saturated rings. The number of ether oxygens (including phenoxy) is 2. The van der Waals surface area contributed by atoms with Crippen LogP contribution in [0, 0.1) is 0 Å². The number of hydrogen-bond acceptors (Lipinski definition) is 4. The molecule has 3 rings (SSSR count). The monoisotopic (exact) mass is 293 g/mol. The van der Waals surface area contributed by atoms with Crippen LogP contribution >= 0.6 is 0 Å². The molecule has 1 heterocycles. The molecule has 0 aromatic heterocycles. The lowest BCUT2D eigenvalue weighted by molar-refractivity contribution is -0.130. The van der Waals surface area contributed by atoms with E-state index in [4.69, 9.17) is 9.47 Å². The van der Waals surface area contributed by atoms with Crippen molar-refractivity contribution in [1.29, 1.82) is 0 Å². The van der Waals surface area contributed by atoms with Crippen LogP contribution in [0.15, 0.2) is 77.6 Å². The van der Waals surface area contributed by atoms with Gasteiger partial charge in [-0.2, -0.15) is 0 Å². The van der Waals surface area contributed by atoms with Gasteiger partial charge in [0, 0.05) is 6.42 Å². The van der Waals surface area contributed by atoms with Crippen LogP contribution in [0.2, 0.25) is 0 Å². The van der Waals surface area contributed by atoms with Crippen molar-refractivity contribution < 1.29 is 14.3 Å². The third-order valence-corrected chi connectivity index (χ3v) is 3.15. The Balaban J connectivity index is 1.61. The highest BCUT2D eigenvalue weighted by atomic mass is 16.6. The number of nitrogens with zero attached hydrogens (tertiary/aromatic N) is 1. The van der Waals surface area contributed by atoms with E-state index in [-0.39, 0.29) is 5.70 Å². The van der Waals surface area contributed by atoms with Crippen molar-refractivity contribution in [3.05, 3.63) is 83.7 Å². The topological polar surface area (TPSA) is 47.9 Å². The Hall–Kier alpha value is -2.88. The van der Waals surface area contributed by atoms with E-state index in [0.29, 0.717) is 18.9 Å². The van der Waals surface area contributed by atoms with Gasteiger partial charge >= 0.3 is 5.97 Å². The highest BCUT2D eigenvalue weighted by molar-refractivity contribution is 6.04. The predicted molar refractivity (Wildman–Crippen MR) is 83.0 cm³/mol. The molecule has 22 heavy (non-hydrogen) atoms. The first-order valence-electron chi connectivity index (χ1n) is 7.00. The van der Waals surface area contributed by atoms with Crippen LogP contribution in [0.25, 0.3) is 0 Å². The lowest BCUT2D eigenvalue weighted by Crippen LogP contribution is -2.06. The number of hydrogen-bond donors (Lipinski definition) is 0. The maximum Gasteiger partial charge on any atom is 0.366 e. The van der Waals surface area contributed by atoms with Crippen molar-refractivity contribution in [2.75, 3.05) is 0 Å². The number of carbonyl (C=O) groups excluding carboxylic acids is 1. The number of esters is 1. The summed E-state index contributed by atoms with van der Waals surface area (Å²) >= 11 is 0. The average molecular weight is 293 g/mol. The van der Waals surface area contributed by atoms with Gasteiger partial charge in [0.05, 0.1) is 0 Å². The summed E-state index contributed by atoms with van der Waals surface area (Å²) < 4.78 is 10.5. The molecule has 4 heteroatoms. The van der Waals surface area contributed by atoms with Crippen molar-refractivity contribution in [3.63, 3.8) is 0 Å². The number of aliphatic imine (C=N–C) groups is 1. The van der Waals surface area contributed by atoms with E-state index < -0.39 is 5.97 Å². The smallest absolute Gasteiger partial charge is 0.366 e. The zero-order chi connectivity index (χ0) is 15.2. The van der Waals surface area contributed by atoms with Crippen LogP contribution in [-0.2, 0) is 27.3 Å². The molecule has 0 aliphatic carbocycles. The fraction of sp³-hybridized carbons (Fsp3) is 0.111. The molecule has 110 valence electrons. The standard InChI is InChI=1S/C18H15NO3/c20-18-16(13-21-12-15-9-5-2-6-10-15)19-17(22-18)11-14-7-3-1-4-8-14/h1-10,13H,11-12H2/b16-13-. The third-order valence-electron chi connectivity index (χ3n) is 3.15. The van der Waals surface area contributed by atoms with Gasteiger partial charge in [-0.3, -0.25) is 0 Å². The highest BCUT2D eigenvalue weighted by Crippen LogP contribution is 2.14. The summed E-state index contributed by atoms with van der Waals surface area (Å²) in [7, 11) is 0. The first-order chi connectivity index (χ1) is 10.8. The van der Waals surface area contributed by atoms with Crippen molar-refractivity contribution in [1.82, 2.24) is 0 Å². The fourth-order valence-electron chi connectivity index (χ4n) is 2.07. The van der Waals surface area contributed by atoms with E-state index in [1.807, 2.05) is 60.7 Å². The maximum atomic E-state index is 11.7. The van der Waals surface area contributed by atoms with E-state index in [1.165, 1.54) is 6.26 Å². The zero-order valence-corrected chi connectivity index (χ0v) is 11.9. The number of cyclic esters (lactones) is 1. The highest BCUT2D eigenvalue weighted by Gasteiger charge is 2.23. The Morgan fingerprint density at radius 3 is 2.27 bits per heavy atom. The van der Waals surface area contributed by atoms with Gasteiger partial charge in [0.2, 0.25) is 5.90 Å². The fourth-order valence-corrected chi connectivity index (χ4v) is 2.07. The first kappa shape index (κ1) is 14.1. The molecular weight excluding hydrogens is 278 g/mol. The second-order valence-corrected chi connectivity index (χ2v) is 4.86. The predicted octanol–water partition coefficient (Wildman–Crippen LogP) is 3.24. The Labute approximate surface area is 128 Å². The summed E-state index contributed by atoms with van der Waals surface area (Å²) in [6, 6.07) is 19.5. The maximum absolute atomic E-state index is 11.7. The zero-order valence-electron chi connectivity index (χ0n) is 11.9. The van der Waals surface area contributed by atoms with Crippen LogP contribution in [0.5, 0.6) is 0 Å². The molecule has 0 amide bonds. The van der Waals surface area contributed by atoms with Gasteiger partial charge in [0.15, 0.2) is 5.70 Å². The van der Waals surface area contributed by atoms with Crippen LogP contribution in [-0.4, -0.2) is 11.9 Å². The average Bonchev–Trinajstić information content (AvgIpc) is 2.89. The SMILES string of the molecule is O=C1OC(Cc2ccccc2)=N/C1=C\OCc1ccccc1. The van der Waals surface area contributed by atoms with Gasteiger partial charge < -0.3 is 9.47 Å². The summed E-state index contributed by atoms with van der Waals surface area (Å²) in [5.41, 5.74) is 2.27. The number of rotatable bonds is 5. The largest absolute Gasteiger partial charge is 0.494 e. The van der Waals surface area contributed by atoms with E-state index >= 15 is 0 Å². The Morgan fingerprint density at radius 1 is 0.955 bits per heavy atom. The lowest BCUT2D eigenvalue weighted by Gasteiger charge is -2.00. The lowest BCUT2D eigenvalue weighted by atomic mass is 10.1. The third kappa shape index (κ3) is 3.61. The molecule has 0 spiro atoms. The van der Waals surface area contributed by atoms with Crippen molar-refractivity contribution >= 4 is 11.9 Å². The quantitative estimate of drug-likeness (QED) is 0.483. The van der Waals surface area contributed by atoms with Gasteiger partial charge in [-0.1, -0.05) is 60.7 Å². The van der Waals surface area contributed by atoms with Crippen LogP contribution < -0.4 is 0 Å². The Bertz CT molecular complexity index is 706. The molecule has 2 aromatic carbocycles. The first-order valence-corrected chi connectivity index (χ1v) is 7.00. The van der Waals surface area contributed by atoms with Crippen LogP contribution in [0.4, 0.5) is 0 Å². The van der Waals surface area contributed by atoms with Gasteiger partial charge in [0.1, 0.15) is 12.9 Å². The van der Waals surface area contributed by atoms with Crippen LogP contribution in [0.1, 0.15) is 11.1 Å². The molecule has 0 radical (unpaired) electrons. The van der Waals surface area contributed by atoms with Gasteiger partial charge in [0.25, 0.3) is 0 Å². The summed E-state index contributed by atoms with van der Waals surface area (Å²) in [6.07, 6.45) is 1.84. The molecule has 0 saturated carbocycles.